The van der Waals surface area contributed by atoms with Crippen molar-refractivity contribution in [2.75, 3.05) is 57.2 Å². The summed E-state index contributed by atoms with van der Waals surface area (Å²) in [7, 11) is 5.54. The third-order valence-electron chi connectivity index (χ3n) is 6.12. The molecule has 1 saturated heterocycles. The Morgan fingerprint density at radius 2 is 1.74 bits per heavy atom. The van der Waals surface area contributed by atoms with Crippen LogP contribution in [-0.4, -0.2) is 69.1 Å². The summed E-state index contributed by atoms with van der Waals surface area (Å²) in [5.74, 6) is 1.26. The van der Waals surface area contributed by atoms with Gasteiger partial charge in [-0.3, -0.25) is 9.59 Å². The zero-order valence-electron chi connectivity index (χ0n) is 20.4. The van der Waals surface area contributed by atoms with Crippen molar-refractivity contribution in [3.63, 3.8) is 0 Å². The number of pyridine rings is 1. The molecule has 8 nitrogen and oxygen atoms in total. The molecule has 0 bridgehead atoms. The van der Waals surface area contributed by atoms with Crippen LogP contribution < -0.4 is 19.9 Å². The van der Waals surface area contributed by atoms with Crippen LogP contribution in [0.25, 0.3) is 0 Å². The summed E-state index contributed by atoms with van der Waals surface area (Å²) in [6.45, 7) is 2.75. The van der Waals surface area contributed by atoms with Crippen molar-refractivity contribution in [3.8, 4) is 5.75 Å². The third kappa shape index (κ3) is 5.71. The van der Waals surface area contributed by atoms with Crippen LogP contribution in [0.1, 0.15) is 26.3 Å². The van der Waals surface area contributed by atoms with E-state index in [-0.39, 0.29) is 11.8 Å². The molecule has 0 saturated carbocycles. The summed E-state index contributed by atoms with van der Waals surface area (Å²) in [6.07, 6.45) is 1.69. The molecule has 1 aromatic heterocycles. The Morgan fingerprint density at radius 1 is 1.00 bits per heavy atom. The van der Waals surface area contributed by atoms with Gasteiger partial charge in [0.15, 0.2) is 0 Å². The van der Waals surface area contributed by atoms with Crippen LogP contribution >= 0.6 is 0 Å². The summed E-state index contributed by atoms with van der Waals surface area (Å²) in [5.41, 5.74) is 3.18. The van der Waals surface area contributed by atoms with Gasteiger partial charge in [0.05, 0.1) is 12.7 Å². The number of nitrogens with one attached hydrogen (secondary N) is 1. The maximum Gasteiger partial charge on any atom is 0.255 e. The summed E-state index contributed by atoms with van der Waals surface area (Å²) in [5, 5.41) is 2.98. The molecule has 2 heterocycles. The van der Waals surface area contributed by atoms with Crippen LogP contribution in [0.15, 0.2) is 66.9 Å². The van der Waals surface area contributed by atoms with Crippen molar-refractivity contribution in [1.82, 2.24) is 15.2 Å². The molecule has 1 fully saturated rings. The number of carbonyl (C=O) groups is 2. The molecule has 2 aromatic carbocycles. The maximum atomic E-state index is 13.1. The molecule has 0 aliphatic carbocycles. The van der Waals surface area contributed by atoms with E-state index < -0.39 is 0 Å². The molecule has 4 rings (SSSR count). The van der Waals surface area contributed by atoms with Gasteiger partial charge in [0.2, 0.25) is 0 Å². The molecule has 0 unspecified atom stereocenters. The molecule has 1 N–H and O–H groups in total. The second-order valence-electron chi connectivity index (χ2n) is 8.63. The van der Waals surface area contributed by atoms with E-state index in [0.717, 1.165) is 17.0 Å². The highest BCUT2D eigenvalue weighted by atomic mass is 16.5. The van der Waals surface area contributed by atoms with Crippen LogP contribution in [0, 0.1) is 0 Å². The lowest BCUT2D eigenvalue weighted by molar-refractivity contribution is 0.0745. The Hall–Kier alpha value is -4.07. The van der Waals surface area contributed by atoms with Gasteiger partial charge in [0.1, 0.15) is 11.6 Å². The van der Waals surface area contributed by atoms with E-state index in [0.29, 0.717) is 49.7 Å². The topological polar surface area (TPSA) is 78.0 Å². The fourth-order valence-corrected chi connectivity index (χ4v) is 4.07. The molecule has 3 aromatic rings. The second-order valence-corrected chi connectivity index (χ2v) is 8.63. The zero-order chi connectivity index (χ0) is 24.8. The summed E-state index contributed by atoms with van der Waals surface area (Å²) >= 11 is 0. The lowest BCUT2D eigenvalue weighted by Gasteiger charge is -2.36. The first kappa shape index (κ1) is 24.1. The maximum absolute atomic E-state index is 13.1. The monoisotopic (exact) mass is 473 g/mol. The predicted octanol–water partition coefficient (Wildman–Crippen LogP) is 3.05. The SMILES string of the molecule is COc1ccc(CNC(=O)c2cccnc2N2CCN(C(=O)c3cccc(N(C)C)c3)CC2)cc1. The highest BCUT2D eigenvalue weighted by Gasteiger charge is 2.25. The third-order valence-corrected chi connectivity index (χ3v) is 6.12. The molecule has 0 atom stereocenters. The molecule has 35 heavy (non-hydrogen) atoms. The second kappa shape index (κ2) is 10.9. The number of amides is 2. The van der Waals surface area contributed by atoms with Crippen LogP contribution in [0.4, 0.5) is 11.5 Å². The van der Waals surface area contributed by atoms with Crippen molar-refractivity contribution in [2.24, 2.45) is 0 Å². The van der Waals surface area contributed by atoms with Crippen LogP contribution in [-0.2, 0) is 6.54 Å². The average molecular weight is 474 g/mol. The van der Waals surface area contributed by atoms with Crippen LogP contribution in [0.2, 0.25) is 0 Å². The summed E-state index contributed by atoms with van der Waals surface area (Å²) < 4.78 is 5.18. The van der Waals surface area contributed by atoms with E-state index >= 15 is 0 Å². The zero-order valence-corrected chi connectivity index (χ0v) is 20.4. The Morgan fingerprint density at radius 3 is 2.43 bits per heavy atom. The van der Waals surface area contributed by atoms with Crippen molar-refractivity contribution in [2.45, 2.75) is 6.54 Å². The minimum atomic E-state index is -0.178. The van der Waals surface area contributed by atoms with Crippen molar-refractivity contribution >= 4 is 23.3 Å². The molecule has 1 aliphatic rings. The van der Waals surface area contributed by atoms with Gasteiger partial charge in [-0.05, 0) is 48.0 Å². The summed E-state index contributed by atoms with van der Waals surface area (Å²) in [4.78, 5) is 36.4. The van der Waals surface area contributed by atoms with Crippen molar-refractivity contribution in [1.29, 1.82) is 0 Å². The normalized spacial score (nSPS) is 13.3. The summed E-state index contributed by atoms with van der Waals surface area (Å²) in [6, 6.07) is 18.8. The number of hydrogen-bond acceptors (Lipinski definition) is 6. The highest BCUT2D eigenvalue weighted by Crippen LogP contribution is 2.21. The van der Waals surface area contributed by atoms with Gasteiger partial charge < -0.3 is 24.8 Å². The number of aromatic nitrogens is 1. The van der Waals surface area contributed by atoms with E-state index in [1.807, 2.05) is 72.4 Å². The largest absolute Gasteiger partial charge is 0.497 e. The number of piperazine rings is 1. The molecule has 2 amide bonds. The number of ether oxygens (including phenoxy) is 1. The smallest absolute Gasteiger partial charge is 0.255 e. The van der Waals surface area contributed by atoms with Gasteiger partial charge in [-0.25, -0.2) is 4.98 Å². The minimum absolute atomic E-state index is 0.0202. The number of methoxy groups -OCH3 is 1. The van der Waals surface area contributed by atoms with Gasteiger partial charge in [-0.2, -0.15) is 0 Å². The number of rotatable bonds is 7. The van der Waals surface area contributed by atoms with Gasteiger partial charge in [0, 0.05) is 64.3 Å². The van der Waals surface area contributed by atoms with E-state index in [9.17, 15) is 9.59 Å². The van der Waals surface area contributed by atoms with E-state index in [1.165, 1.54) is 0 Å². The molecular weight excluding hydrogens is 442 g/mol. The molecule has 0 spiro atoms. The van der Waals surface area contributed by atoms with Gasteiger partial charge in [-0.1, -0.05) is 18.2 Å². The number of anilines is 2. The number of benzene rings is 2. The Kier molecular flexibility index (Phi) is 7.50. The van der Waals surface area contributed by atoms with Gasteiger partial charge >= 0.3 is 0 Å². The Balaban J connectivity index is 1.39. The van der Waals surface area contributed by atoms with Crippen molar-refractivity contribution in [3.05, 3.63) is 83.6 Å². The molecule has 0 radical (unpaired) electrons. The first-order valence-corrected chi connectivity index (χ1v) is 11.6. The lowest BCUT2D eigenvalue weighted by Crippen LogP contribution is -2.49. The lowest BCUT2D eigenvalue weighted by atomic mass is 10.1. The number of nitrogens with zero attached hydrogens (tertiary/aromatic N) is 4. The first-order valence-electron chi connectivity index (χ1n) is 11.6. The number of carbonyl (C=O) groups excluding carboxylic acids is 2. The first-order chi connectivity index (χ1) is 17.0. The van der Waals surface area contributed by atoms with E-state index in [2.05, 4.69) is 15.2 Å². The molecule has 182 valence electrons. The van der Waals surface area contributed by atoms with E-state index in [4.69, 9.17) is 4.74 Å². The quantitative estimate of drug-likeness (QED) is 0.568. The van der Waals surface area contributed by atoms with Gasteiger partial charge in [0.25, 0.3) is 11.8 Å². The van der Waals surface area contributed by atoms with Crippen molar-refractivity contribution < 1.29 is 14.3 Å². The minimum Gasteiger partial charge on any atom is -0.497 e. The average Bonchev–Trinajstić information content (AvgIpc) is 2.91. The fourth-order valence-electron chi connectivity index (χ4n) is 4.07. The van der Waals surface area contributed by atoms with Crippen LogP contribution in [0.5, 0.6) is 5.75 Å². The Bertz CT molecular complexity index is 1170. The van der Waals surface area contributed by atoms with E-state index in [1.54, 1.807) is 25.4 Å². The Labute approximate surface area is 206 Å². The molecular formula is C27H31N5O3. The molecule has 1 aliphatic heterocycles. The molecule has 8 heteroatoms. The standard InChI is InChI=1S/C27H31N5O3/c1-30(2)22-7-4-6-21(18-22)27(34)32-16-14-31(15-17-32)25-24(8-5-13-28-25)26(33)29-19-20-9-11-23(35-3)12-10-20/h4-13,18H,14-17,19H2,1-3H3,(H,29,33). The fraction of sp³-hybridized carbons (Fsp3) is 0.296. The number of hydrogen-bond donors (Lipinski definition) is 1. The highest BCUT2D eigenvalue weighted by molar-refractivity contribution is 5.99. The van der Waals surface area contributed by atoms with Gasteiger partial charge in [-0.15, -0.1) is 0 Å². The van der Waals surface area contributed by atoms with Crippen LogP contribution in [0.3, 0.4) is 0 Å². The predicted molar refractivity (Wildman–Crippen MR) is 137 cm³/mol.